The molecule has 4 aliphatic rings. The lowest BCUT2D eigenvalue weighted by Gasteiger charge is -2.33. The maximum Gasteiger partial charge on any atom is 0.0496 e. The van der Waals surface area contributed by atoms with Crippen molar-refractivity contribution in [2.45, 2.75) is 88.9 Å². The van der Waals surface area contributed by atoms with Gasteiger partial charge in [-0.1, -0.05) is 143 Å². The van der Waals surface area contributed by atoms with E-state index in [0.29, 0.717) is 5.92 Å². The van der Waals surface area contributed by atoms with Crippen LogP contribution in [0, 0.1) is 11.8 Å². The molecule has 0 heterocycles. The van der Waals surface area contributed by atoms with Crippen molar-refractivity contribution in [3.63, 3.8) is 0 Å². The summed E-state index contributed by atoms with van der Waals surface area (Å²) in [5, 5.41) is 0. The Morgan fingerprint density at radius 1 is 0.509 bits per heavy atom. The van der Waals surface area contributed by atoms with E-state index in [-0.39, 0.29) is 5.41 Å². The van der Waals surface area contributed by atoms with Crippen molar-refractivity contribution in [2.75, 3.05) is 4.90 Å². The van der Waals surface area contributed by atoms with E-state index in [1.165, 1.54) is 125 Å². The average Bonchev–Trinajstić information content (AvgIpc) is 3.92. The Bertz CT molecular complexity index is 2270. The first kappa shape index (κ1) is 32.7. The minimum absolute atomic E-state index is 0.113. The maximum atomic E-state index is 2.59. The highest BCUT2D eigenvalue weighted by Crippen LogP contribution is 2.55. The van der Waals surface area contributed by atoms with Gasteiger partial charge in [0.1, 0.15) is 0 Å². The number of hydrogen-bond acceptors (Lipinski definition) is 1. The van der Waals surface area contributed by atoms with E-state index < -0.39 is 0 Å². The molecule has 0 aromatic heterocycles. The van der Waals surface area contributed by atoms with Crippen LogP contribution in [0.2, 0.25) is 0 Å². The monoisotopic (exact) mass is 689 g/mol. The van der Waals surface area contributed by atoms with Gasteiger partial charge in [-0.05, 0) is 148 Å². The molecule has 4 aliphatic carbocycles. The second-order valence-corrected chi connectivity index (χ2v) is 17.1. The molecule has 3 fully saturated rings. The number of rotatable bonds is 7. The highest BCUT2D eigenvalue weighted by molar-refractivity contribution is 5.91. The van der Waals surface area contributed by atoms with E-state index >= 15 is 0 Å². The molecule has 3 saturated carbocycles. The van der Waals surface area contributed by atoms with Crippen molar-refractivity contribution in [1.82, 2.24) is 0 Å². The summed E-state index contributed by atoms with van der Waals surface area (Å²) in [7, 11) is 0. The van der Waals surface area contributed by atoms with E-state index in [0.717, 1.165) is 17.8 Å². The average molecular weight is 690 g/mol. The van der Waals surface area contributed by atoms with Crippen LogP contribution < -0.4 is 4.90 Å². The molecule has 3 unspecified atom stereocenters. The van der Waals surface area contributed by atoms with Crippen molar-refractivity contribution in [2.24, 2.45) is 11.8 Å². The highest BCUT2D eigenvalue weighted by Gasteiger charge is 2.40. The smallest absolute Gasteiger partial charge is 0.0496 e. The molecule has 0 amide bonds. The van der Waals surface area contributed by atoms with Crippen LogP contribution in [-0.4, -0.2) is 0 Å². The minimum atomic E-state index is -0.113. The third-order valence-electron chi connectivity index (χ3n) is 13.8. The normalized spacial score (nSPS) is 21.4. The Morgan fingerprint density at radius 2 is 1.23 bits per heavy atom. The Hall–Kier alpha value is -4.88. The van der Waals surface area contributed by atoms with Gasteiger partial charge in [-0.15, -0.1) is 0 Å². The van der Waals surface area contributed by atoms with Crippen molar-refractivity contribution >= 4 is 17.1 Å². The first-order valence-electron chi connectivity index (χ1n) is 20.5. The van der Waals surface area contributed by atoms with Gasteiger partial charge in [0.15, 0.2) is 0 Å². The maximum absolute atomic E-state index is 2.59. The summed E-state index contributed by atoms with van der Waals surface area (Å²) in [6.45, 7) is 4.84. The Labute approximate surface area is 316 Å². The SMILES string of the molecule is CC1(C)c2ccc(-c3ccccc3-c3ccccc3)cc2-c2ccc(N(c3ccc(C4CC5CCC4C5)cc3)c3ccccc3C3CCCCC3)cc21. The zero-order chi connectivity index (χ0) is 35.5. The quantitative estimate of drug-likeness (QED) is 0.161. The van der Waals surface area contributed by atoms with Crippen molar-refractivity contribution in [3.05, 3.63) is 162 Å². The van der Waals surface area contributed by atoms with E-state index in [1.54, 1.807) is 5.56 Å². The van der Waals surface area contributed by atoms with Gasteiger partial charge in [0.05, 0.1) is 0 Å². The van der Waals surface area contributed by atoms with Gasteiger partial charge in [-0.3, -0.25) is 0 Å². The minimum Gasteiger partial charge on any atom is -0.310 e. The lowest BCUT2D eigenvalue weighted by atomic mass is 9.81. The van der Waals surface area contributed by atoms with Gasteiger partial charge in [0.25, 0.3) is 0 Å². The fourth-order valence-corrected chi connectivity index (χ4v) is 11.1. The Balaban J connectivity index is 1.07. The van der Waals surface area contributed by atoms with Gasteiger partial charge in [0, 0.05) is 22.5 Å². The van der Waals surface area contributed by atoms with Gasteiger partial charge < -0.3 is 4.90 Å². The molecule has 0 aliphatic heterocycles. The predicted octanol–water partition coefficient (Wildman–Crippen LogP) is 14.7. The second kappa shape index (κ2) is 13.2. The van der Waals surface area contributed by atoms with Crippen molar-refractivity contribution in [3.8, 4) is 33.4 Å². The number of hydrogen-bond donors (Lipinski definition) is 0. The second-order valence-electron chi connectivity index (χ2n) is 17.1. The van der Waals surface area contributed by atoms with Crippen LogP contribution in [0.5, 0.6) is 0 Å². The number of benzene rings is 6. The standard InChI is InChI=1S/C52H51N/c1-52(2)49-30-25-40(44-18-10-9-17-43(44)36-13-5-3-6-14-36)33-48(49)46-29-28-42(34-50(46)52)53(51-20-12-11-19-45(51)37-15-7-4-8-16-37)41-26-23-38(24-27-41)47-32-35-21-22-39(47)31-35/h3,5-6,9-14,17-20,23-30,33-35,37,39,47H,4,7-8,15-16,21-22,31-32H2,1-2H3. The lowest BCUT2D eigenvalue weighted by molar-refractivity contribution is 0.420. The molecule has 3 atom stereocenters. The van der Waals surface area contributed by atoms with Gasteiger partial charge in [-0.25, -0.2) is 0 Å². The van der Waals surface area contributed by atoms with E-state index in [1.807, 2.05) is 0 Å². The molecule has 1 nitrogen and oxygen atoms in total. The largest absolute Gasteiger partial charge is 0.310 e. The fraction of sp³-hybridized carbons (Fsp3) is 0.308. The molecular weight excluding hydrogens is 639 g/mol. The summed E-state index contributed by atoms with van der Waals surface area (Å²) < 4.78 is 0. The van der Waals surface area contributed by atoms with Gasteiger partial charge >= 0.3 is 0 Å². The molecule has 264 valence electrons. The van der Waals surface area contributed by atoms with Crippen LogP contribution in [-0.2, 0) is 5.41 Å². The summed E-state index contributed by atoms with van der Waals surface area (Å²) in [5.74, 6) is 3.21. The fourth-order valence-electron chi connectivity index (χ4n) is 11.1. The number of fused-ring (bicyclic) bond motifs is 5. The summed E-state index contributed by atoms with van der Waals surface area (Å²) >= 11 is 0. The molecule has 0 spiro atoms. The third kappa shape index (κ3) is 5.67. The summed E-state index contributed by atoms with van der Waals surface area (Å²) in [4.78, 5) is 2.59. The number of para-hydroxylation sites is 1. The van der Waals surface area contributed by atoms with Gasteiger partial charge in [0.2, 0.25) is 0 Å². The Morgan fingerprint density at radius 3 is 1.98 bits per heavy atom. The lowest BCUT2D eigenvalue weighted by Crippen LogP contribution is -2.18. The van der Waals surface area contributed by atoms with Crippen molar-refractivity contribution in [1.29, 1.82) is 0 Å². The molecule has 2 bridgehead atoms. The van der Waals surface area contributed by atoms with Gasteiger partial charge in [-0.2, -0.15) is 0 Å². The zero-order valence-electron chi connectivity index (χ0n) is 31.4. The molecule has 10 rings (SSSR count). The van der Waals surface area contributed by atoms with Crippen LogP contribution in [0.1, 0.15) is 106 Å². The van der Waals surface area contributed by atoms with E-state index in [4.69, 9.17) is 0 Å². The van der Waals surface area contributed by atoms with Crippen LogP contribution in [0.15, 0.2) is 140 Å². The molecule has 0 N–H and O–H groups in total. The topological polar surface area (TPSA) is 3.24 Å². The predicted molar refractivity (Wildman–Crippen MR) is 224 cm³/mol. The van der Waals surface area contributed by atoms with Crippen LogP contribution in [0.4, 0.5) is 17.1 Å². The van der Waals surface area contributed by atoms with Crippen molar-refractivity contribution < 1.29 is 0 Å². The first-order valence-corrected chi connectivity index (χ1v) is 20.5. The van der Waals surface area contributed by atoms with E-state index in [9.17, 15) is 0 Å². The van der Waals surface area contributed by atoms with Crippen LogP contribution >= 0.6 is 0 Å². The molecule has 0 saturated heterocycles. The molecule has 53 heavy (non-hydrogen) atoms. The van der Waals surface area contributed by atoms with E-state index in [2.05, 4.69) is 158 Å². The highest BCUT2D eigenvalue weighted by atomic mass is 15.1. The van der Waals surface area contributed by atoms with Crippen LogP contribution in [0.3, 0.4) is 0 Å². The Kier molecular flexibility index (Phi) is 8.16. The number of nitrogens with zero attached hydrogens (tertiary/aromatic N) is 1. The summed E-state index contributed by atoms with van der Waals surface area (Å²) in [6, 6.07) is 53.3. The first-order chi connectivity index (χ1) is 26.0. The molecule has 0 radical (unpaired) electrons. The molecule has 6 aromatic rings. The molecule has 6 aromatic carbocycles. The molecular formula is C52H51N. The third-order valence-corrected chi connectivity index (χ3v) is 13.8. The zero-order valence-corrected chi connectivity index (χ0v) is 31.4. The molecule has 1 heteroatoms. The van der Waals surface area contributed by atoms with Crippen LogP contribution in [0.25, 0.3) is 33.4 Å². The summed E-state index contributed by atoms with van der Waals surface area (Å²) in [6.07, 6.45) is 12.3. The summed E-state index contributed by atoms with van der Waals surface area (Å²) in [5.41, 5.74) is 17.5. The number of anilines is 3.